The number of hydrogen-bond acceptors (Lipinski definition) is 2. The van der Waals surface area contributed by atoms with Gasteiger partial charge in [-0.25, -0.2) is 0 Å². The summed E-state index contributed by atoms with van der Waals surface area (Å²) in [5, 5.41) is 3.33. The molecule has 0 radical (unpaired) electrons. The first-order chi connectivity index (χ1) is 7.17. The summed E-state index contributed by atoms with van der Waals surface area (Å²) in [4.78, 5) is 0. The maximum Gasteiger partial charge on any atom is 0.133 e. The molecular weight excluding hydrogens is 254 g/mol. The molecule has 2 nitrogen and oxygen atoms in total. The van der Waals surface area contributed by atoms with Crippen molar-refractivity contribution in [1.82, 2.24) is 5.32 Å². The fraction of sp³-hybridized carbons (Fsp3) is 0.333. The lowest BCUT2D eigenvalue weighted by atomic mass is 10.2. The third-order valence-electron chi connectivity index (χ3n) is 2.20. The van der Waals surface area contributed by atoms with Gasteiger partial charge in [-0.05, 0) is 40.5 Å². The van der Waals surface area contributed by atoms with Gasteiger partial charge >= 0.3 is 0 Å². The molecule has 1 unspecified atom stereocenters. The van der Waals surface area contributed by atoms with E-state index >= 15 is 0 Å². The van der Waals surface area contributed by atoms with Gasteiger partial charge in [-0.2, -0.15) is 0 Å². The lowest BCUT2D eigenvalue weighted by Gasteiger charge is -2.10. The van der Waals surface area contributed by atoms with Gasteiger partial charge in [0.15, 0.2) is 0 Å². The number of ether oxygens (including phenoxy) is 1. The summed E-state index contributed by atoms with van der Waals surface area (Å²) >= 11 is 3.46. The van der Waals surface area contributed by atoms with E-state index in [2.05, 4.69) is 40.8 Å². The Kier molecular flexibility index (Phi) is 4.85. The predicted octanol–water partition coefficient (Wildman–Crippen LogP) is 3.12. The van der Waals surface area contributed by atoms with Crippen LogP contribution in [0.3, 0.4) is 0 Å². The first-order valence-electron chi connectivity index (χ1n) is 4.85. The second-order valence-corrected chi connectivity index (χ2v) is 4.23. The summed E-state index contributed by atoms with van der Waals surface area (Å²) in [6.07, 6.45) is 1.89. The Hall–Kier alpha value is -0.800. The highest BCUT2D eigenvalue weighted by Crippen LogP contribution is 2.25. The molecule has 0 saturated heterocycles. The van der Waals surface area contributed by atoms with Crippen LogP contribution in [0, 0.1) is 0 Å². The zero-order valence-corrected chi connectivity index (χ0v) is 10.7. The highest BCUT2D eigenvalue weighted by atomic mass is 79.9. The van der Waals surface area contributed by atoms with Crippen molar-refractivity contribution in [2.45, 2.75) is 19.5 Å². The molecule has 1 N–H and O–H groups in total. The molecule has 0 bridgehead atoms. The second-order valence-electron chi connectivity index (χ2n) is 3.37. The third-order valence-corrected chi connectivity index (χ3v) is 2.82. The molecule has 1 aromatic carbocycles. The van der Waals surface area contributed by atoms with Gasteiger partial charge in [0.2, 0.25) is 0 Å². The Morgan fingerprint density at radius 2 is 2.33 bits per heavy atom. The van der Waals surface area contributed by atoms with Crippen molar-refractivity contribution in [3.05, 3.63) is 40.9 Å². The zero-order valence-electron chi connectivity index (χ0n) is 9.09. The van der Waals surface area contributed by atoms with Gasteiger partial charge in [0.1, 0.15) is 5.75 Å². The van der Waals surface area contributed by atoms with Gasteiger partial charge in [0, 0.05) is 12.6 Å². The van der Waals surface area contributed by atoms with Gasteiger partial charge in [-0.15, -0.1) is 6.58 Å². The summed E-state index contributed by atoms with van der Waals surface area (Å²) in [7, 11) is 1.66. The van der Waals surface area contributed by atoms with Crippen molar-refractivity contribution in [2.75, 3.05) is 7.11 Å². The minimum atomic E-state index is 0.325. The van der Waals surface area contributed by atoms with Crippen LogP contribution >= 0.6 is 15.9 Å². The maximum atomic E-state index is 5.16. The van der Waals surface area contributed by atoms with Crippen molar-refractivity contribution < 1.29 is 4.74 Å². The molecule has 1 atom stereocenters. The van der Waals surface area contributed by atoms with E-state index < -0.39 is 0 Å². The van der Waals surface area contributed by atoms with E-state index in [4.69, 9.17) is 4.74 Å². The lowest BCUT2D eigenvalue weighted by Crippen LogP contribution is -2.22. The molecule has 1 rings (SSSR count). The van der Waals surface area contributed by atoms with Crippen LogP contribution < -0.4 is 10.1 Å². The normalized spacial score (nSPS) is 12.2. The smallest absolute Gasteiger partial charge is 0.133 e. The molecule has 0 aromatic heterocycles. The summed E-state index contributed by atoms with van der Waals surface area (Å²) in [6, 6.07) is 6.39. The van der Waals surface area contributed by atoms with E-state index in [0.29, 0.717) is 6.04 Å². The van der Waals surface area contributed by atoms with Crippen LogP contribution in [-0.4, -0.2) is 13.2 Å². The Morgan fingerprint density at radius 3 is 2.87 bits per heavy atom. The monoisotopic (exact) mass is 269 g/mol. The molecule has 0 fully saturated rings. The summed E-state index contributed by atoms with van der Waals surface area (Å²) < 4.78 is 6.15. The number of methoxy groups -OCH3 is 1. The van der Waals surface area contributed by atoms with Crippen molar-refractivity contribution >= 4 is 15.9 Å². The van der Waals surface area contributed by atoms with E-state index in [1.807, 2.05) is 18.2 Å². The Morgan fingerprint density at radius 1 is 1.60 bits per heavy atom. The minimum absolute atomic E-state index is 0.325. The molecule has 0 spiro atoms. The van der Waals surface area contributed by atoms with Gasteiger partial charge in [-0.1, -0.05) is 12.1 Å². The van der Waals surface area contributed by atoms with E-state index in [-0.39, 0.29) is 0 Å². The minimum Gasteiger partial charge on any atom is -0.496 e. The van der Waals surface area contributed by atoms with Crippen LogP contribution in [0.15, 0.2) is 35.3 Å². The first-order valence-corrected chi connectivity index (χ1v) is 5.65. The van der Waals surface area contributed by atoms with E-state index in [0.717, 1.165) is 16.8 Å². The summed E-state index contributed by atoms with van der Waals surface area (Å²) in [5.41, 5.74) is 1.22. The molecule has 0 amide bonds. The Bertz CT molecular complexity index is 338. The van der Waals surface area contributed by atoms with Crippen LogP contribution in [0.2, 0.25) is 0 Å². The van der Waals surface area contributed by atoms with Crippen LogP contribution in [0.4, 0.5) is 0 Å². The maximum absolute atomic E-state index is 5.16. The van der Waals surface area contributed by atoms with Crippen molar-refractivity contribution in [3.8, 4) is 5.75 Å². The van der Waals surface area contributed by atoms with Gasteiger partial charge < -0.3 is 10.1 Å². The number of benzene rings is 1. The number of nitrogens with one attached hydrogen (secondary N) is 1. The average molecular weight is 270 g/mol. The molecule has 0 heterocycles. The van der Waals surface area contributed by atoms with Crippen molar-refractivity contribution in [3.63, 3.8) is 0 Å². The van der Waals surface area contributed by atoms with E-state index in [1.165, 1.54) is 5.56 Å². The molecule has 82 valence electrons. The molecule has 0 aliphatic heterocycles. The summed E-state index contributed by atoms with van der Waals surface area (Å²) in [5.74, 6) is 0.857. The third kappa shape index (κ3) is 3.68. The number of hydrogen-bond donors (Lipinski definition) is 1. The van der Waals surface area contributed by atoms with Crippen LogP contribution in [0.5, 0.6) is 5.75 Å². The van der Waals surface area contributed by atoms with Crippen LogP contribution in [0.1, 0.15) is 12.5 Å². The first kappa shape index (κ1) is 12.3. The zero-order chi connectivity index (χ0) is 11.3. The molecule has 3 heteroatoms. The largest absolute Gasteiger partial charge is 0.496 e. The van der Waals surface area contributed by atoms with Gasteiger partial charge in [-0.3, -0.25) is 0 Å². The SMILES string of the molecule is C=CC(C)NCc1ccc(OC)c(Br)c1. The number of halogens is 1. The highest BCUT2D eigenvalue weighted by Gasteiger charge is 2.01. The Labute approximate surface area is 99.5 Å². The lowest BCUT2D eigenvalue weighted by molar-refractivity contribution is 0.412. The Balaban J connectivity index is 2.63. The fourth-order valence-corrected chi connectivity index (χ4v) is 1.77. The van der Waals surface area contributed by atoms with Crippen LogP contribution in [0.25, 0.3) is 0 Å². The molecular formula is C12H16BrNO. The van der Waals surface area contributed by atoms with Gasteiger partial charge in [0.05, 0.1) is 11.6 Å². The van der Waals surface area contributed by atoms with Crippen molar-refractivity contribution in [2.24, 2.45) is 0 Å². The standard InChI is InChI=1S/C12H16BrNO/c1-4-9(2)14-8-10-5-6-12(15-3)11(13)7-10/h4-7,9,14H,1,8H2,2-3H3. The fourth-order valence-electron chi connectivity index (χ4n) is 1.18. The quantitative estimate of drug-likeness (QED) is 0.830. The molecule has 0 aliphatic rings. The average Bonchev–Trinajstić information content (AvgIpc) is 2.26. The van der Waals surface area contributed by atoms with Crippen molar-refractivity contribution in [1.29, 1.82) is 0 Å². The summed E-state index contributed by atoms with van der Waals surface area (Å²) in [6.45, 7) is 6.63. The molecule has 15 heavy (non-hydrogen) atoms. The molecule has 0 saturated carbocycles. The van der Waals surface area contributed by atoms with E-state index in [1.54, 1.807) is 7.11 Å². The predicted molar refractivity (Wildman–Crippen MR) is 67.2 cm³/mol. The topological polar surface area (TPSA) is 21.3 Å². The highest BCUT2D eigenvalue weighted by molar-refractivity contribution is 9.10. The molecule has 1 aromatic rings. The number of rotatable bonds is 5. The molecule has 0 aliphatic carbocycles. The van der Waals surface area contributed by atoms with E-state index in [9.17, 15) is 0 Å². The van der Waals surface area contributed by atoms with Gasteiger partial charge in [0.25, 0.3) is 0 Å². The second kappa shape index (κ2) is 5.93. The van der Waals surface area contributed by atoms with Crippen LogP contribution in [-0.2, 0) is 6.54 Å².